The Balaban J connectivity index is 2.34. The quantitative estimate of drug-likeness (QED) is 0.884. The zero-order valence-electron chi connectivity index (χ0n) is 11.7. The van der Waals surface area contributed by atoms with Gasteiger partial charge in [0.1, 0.15) is 5.75 Å². The average molecular weight is 366 g/mol. The second kappa shape index (κ2) is 6.29. The molecule has 0 saturated carbocycles. The minimum absolute atomic E-state index is 0.105. The fraction of sp³-hybridized carbons (Fsp3) is 0.143. The highest BCUT2D eigenvalue weighted by molar-refractivity contribution is 7.92. The molecule has 124 valence electrons. The number of hydrogen-bond donors (Lipinski definition) is 1. The van der Waals surface area contributed by atoms with Crippen molar-refractivity contribution in [3.8, 4) is 5.75 Å². The molecule has 0 bridgehead atoms. The van der Waals surface area contributed by atoms with Gasteiger partial charge in [0.25, 0.3) is 10.0 Å². The highest BCUT2D eigenvalue weighted by Gasteiger charge is 2.31. The maximum absolute atomic E-state index is 12.7. The van der Waals surface area contributed by atoms with Gasteiger partial charge in [0.15, 0.2) is 0 Å². The lowest BCUT2D eigenvalue weighted by Gasteiger charge is -2.12. The van der Waals surface area contributed by atoms with Gasteiger partial charge in [-0.3, -0.25) is 4.72 Å². The summed E-state index contributed by atoms with van der Waals surface area (Å²) in [7, 11) is -2.79. The minimum Gasteiger partial charge on any atom is -0.495 e. The zero-order chi connectivity index (χ0) is 17.3. The highest BCUT2D eigenvalue weighted by Crippen LogP contribution is 2.32. The van der Waals surface area contributed by atoms with Gasteiger partial charge in [0.2, 0.25) is 0 Å². The molecule has 9 heteroatoms. The Hall–Kier alpha value is -1.93. The van der Waals surface area contributed by atoms with E-state index in [9.17, 15) is 21.6 Å². The van der Waals surface area contributed by atoms with Crippen LogP contribution in [0.5, 0.6) is 5.75 Å². The molecule has 0 fully saturated rings. The van der Waals surface area contributed by atoms with Gasteiger partial charge in [-0.1, -0.05) is 17.7 Å². The third-order valence-electron chi connectivity index (χ3n) is 2.88. The maximum Gasteiger partial charge on any atom is 0.416 e. The van der Waals surface area contributed by atoms with Crippen molar-refractivity contribution in [1.82, 2.24) is 0 Å². The summed E-state index contributed by atoms with van der Waals surface area (Å²) in [6, 6.07) is 7.57. The minimum atomic E-state index is -4.63. The molecule has 0 aliphatic carbocycles. The largest absolute Gasteiger partial charge is 0.495 e. The molecule has 0 aliphatic heterocycles. The molecule has 0 aromatic heterocycles. The number of hydrogen-bond acceptors (Lipinski definition) is 3. The van der Waals surface area contributed by atoms with E-state index in [4.69, 9.17) is 16.3 Å². The lowest BCUT2D eigenvalue weighted by atomic mass is 10.2. The molecule has 0 unspecified atom stereocenters. The van der Waals surface area contributed by atoms with Crippen LogP contribution in [-0.4, -0.2) is 15.5 Å². The normalized spacial score (nSPS) is 12.0. The van der Waals surface area contributed by atoms with E-state index in [2.05, 4.69) is 4.72 Å². The summed E-state index contributed by atoms with van der Waals surface area (Å²) in [6.07, 6.45) is -4.63. The van der Waals surface area contributed by atoms with Crippen molar-refractivity contribution < 1.29 is 26.3 Å². The van der Waals surface area contributed by atoms with E-state index in [-0.39, 0.29) is 10.7 Å². The predicted molar refractivity (Wildman–Crippen MR) is 80.3 cm³/mol. The van der Waals surface area contributed by atoms with Gasteiger partial charge >= 0.3 is 6.18 Å². The number of halogens is 4. The van der Waals surface area contributed by atoms with Gasteiger partial charge in [0.05, 0.1) is 28.3 Å². The summed E-state index contributed by atoms with van der Waals surface area (Å²) in [4.78, 5) is -0.501. The Kier molecular flexibility index (Phi) is 4.76. The monoisotopic (exact) mass is 365 g/mol. The molecule has 0 amide bonds. The van der Waals surface area contributed by atoms with Crippen LogP contribution in [0.2, 0.25) is 5.02 Å². The molecular weight excluding hydrogens is 355 g/mol. The van der Waals surface area contributed by atoms with Crippen LogP contribution in [0.1, 0.15) is 5.56 Å². The van der Waals surface area contributed by atoms with E-state index in [0.29, 0.717) is 11.8 Å². The van der Waals surface area contributed by atoms with Crippen LogP contribution >= 0.6 is 11.6 Å². The summed E-state index contributed by atoms with van der Waals surface area (Å²) in [5, 5.41) is 0.164. The van der Waals surface area contributed by atoms with Gasteiger partial charge in [-0.15, -0.1) is 0 Å². The smallest absolute Gasteiger partial charge is 0.416 e. The topological polar surface area (TPSA) is 55.4 Å². The second-order valence-electron chi connectivity index (χ2n) is 4.48. The maximum atomic E-state index is 12.7. The van der Waals surface area contributed by atoms with Crippen LogP contribution in [-0.2, 0) is 16.2 Å². The molecule has 2 aromatic carbocycles. The van der Waals surface area contributed by atoms with Crippen molar-refractivity contribution in [2.75, 3.05) is 11.8 Å². The first-order chi connectivity index (χ1) is 10.6. The molecule has 2 rings (SSSR count). The summed E-state index contributed by atoms with van der Waals surface area (Å²) in [6.45, 7) is 0. The van der Waals surface area contributed by atoms with Crippen molar-refractivity contribution in [1.29, 1.82) is 0 Å². The number of anilines is 1. The first-order valence-corrected chi connectivity index (χ1v) is 8.03. The summed E-state index contributed by atoms with van der Waals surface area (Å²) >= 11 is 5.88. The van der Waals surface area contributed by atoms with E-state index in [1.165, 1.54) is 25.3 Å². The molecular formula is C14H11ClF3NO3S. The number of ether oxygens (including phenoxy) is 1. The Bertz CT molecular complexity index is 822. The van der Waals surface area contributed by atoms with Crippen LogP contribution in [0.4, 0.5) is 18.9 Å². The molecule has 0 aliphatic rings. The molecule has 0 spiro atoms. The Morgan fingerprint density at radius 2 is 1.83 bits per heavy atom. The van der Waals surface area contributed by atoms with Crippen LogP contribution < -0.4 is 9.46 Å². The molecule has 2 aromatic rings. The molecule has 1 N–H and O–H groups in total. The average Bonchev–Trinajstić information content (AvgIpc) is 2.46. The third-order valence-corrected chi connectivity index (χ3v) is 4.55. The van der Waals surface area contributed by atoms with Gasteiger partial charge in [-0.05, 0) is 36.4 Å². The Labute approximate surface area is 135 Å². The number of rotatable bonds is 4. The van der Waals surface area contributed by atoms with E-state index in [1.807, 2.05) is 0 Å². The molecule has 23 heavy (non-hydrogen) atoms. The molecule has 0 radical (unpaired) electrons. The van der Waals surface area contributed by atoms with Gasteiger partial charge < -0.3 is 4.74 Å². The number of methoxy groups -OCH3 is 1. The van der Waals surface area contributed by atoms with Crippen LogP contribution in [0, 0.1) is 0 Å². The number of sulfonamides is 1. The molecule has 4 nitrogen and oxygen atoms in total. The zero-order valence-corrected chi connectivity index (χ0v) is 13.3. The first-order valence-electron chi connectivity index (χ1n) is 6.17. The molecule has 0 atom stereocenters. The van der Waals surface area contributed by atoms with Crippen molar-refractivity contribution in [2.24, 2.45) is 0 Å². The van der Waals surface area contributed by atoms with Crippen LogP contribution in [0.15, 0.2) is 47.4 Å². The molecule has 0 heterocycles. The lowest BCUT2D eigenvalue weighted by molar-refractivity contribution is -0.137. The van der Waals surface area contributed by atoms with E-state index in [1.54, 1.807) is 0 Å². The van der Waals surface area contributed by atoms with Crippen molar-refractivity contribution >= 4 is 27.3 Å². The fourth-order valence-electron chi connectivity index (χ4n) is 1.78. The second-order valence-corrected chi connectivity index (χ2v) is 6.57. The Morgan fingerprint density at radius 3 is 2.39 bits per heavy atom. The third kappa shape index (κ3) is 4.08. The summed E-state index contributed by atoms with van der Waals surface area (Å²) in [5.74, 6) is 0.341. The van der Waals surface area contributed by atoms with Crippen LogP contribution in [0.25, 0.3) is 0 Å². The number of benzene rings is 2. The van der Waals surface area contributed by atoms with E-state index < -0.39 is 26.7 Å². The van der Waals surface area contributed by atoms with Crippen molar-refractivity contribution in [3.63, 3.8) is 0 Å². The van der Waals surface area contributed by atoms with Gasteiger partial charge in [0, 0.05) is 0 Å². The SMILES string of the molecule is COc1ccc(NS(=O)(=O)c2cccc(C(F)(F)F)c2)cc1Cl. The Morgan fingerprint density at radius 1 is 1.13 bits per heavy atom. The van der Waals surface area contributed by atoms with Gasteiger partial charge in [-0.2, -0.15) is 13.2 Å². The number of alkyl halides is 3. The fourth-order valence-corrected chi connectivity index (χ4v) is 3.14. The van der Waals surface area contributed by atoms with Crippen molar-refractivity contribution in [2.45, 2.75) is 11.1 Å². The lowest BCUT2D eigenvalue weighted by Crippen LogP contribution is -2.14. The van der Waals surface area contributed by atoms with Gasteiger partial charge in [-0.25, -0.2) is 8.42 Å². The predicted octanol–water partition coefficient (Wildman–Crippen LogP) is 4.17. The number of nitrogens with one attached hydrogen (secondary N) is 1. The highest BCUT2D eigenvalue weighted by atomic mass is 35.5. The first kappa shape index (κ1) is 17.4. The van der Waals surface area contributed by atoms with E-state index >= 15 is 0 Å². The standard InChI is InChI=1S/C14H11ClF3NO3S/c1-22-13-6-5-10(8-12(13)15)19-23(20,21)11-4-2-3-9(7-11)14(16,17)18/h2-8,19H,1H3. The summed E-state index contributed by atoms with van der Waals surface area (Å²) < 4.78 is 69.5. The van der Waals surface area contributed by atoms with Crippen LogP contribution in [0.3, 0.4) is 0 Å². The summed E-state index contributed by atoms with van der Waals surface area (Å²) in [5.41, 5.74) is -0.943. The molecule has 0 saturated heterocycles. The van der Waals surface area contributed by atoms with Crippen molar-refractivity contribution in [3.05, 3.63) is 53.1 Å². The van der Waals surface area contributed by atoms with E-state index in [0.717, 1.165) is 18.2 Å².